The molecule has 2 aromatic rings. The van der Waals surface area contributed by atoms with Crippen molar-refractivity contribution in [1.29, 1.82) is 0 Å². The number of amides is 1. The summed E-state index contributed by atoms with van der Waals surface area (Å²) in [5, 5.41) is 3.65. The number of benzene rings is 1. The van der Waals surface area contributed by atoms with Crippen molar-refractivity contribution in [3.8, 4) is 0 Å². The molecule has 3 aliphatic rings. The molecule has 5 nitrogen and oxygen atoms in total. The summed E-state index contributed by atoms with van der Waals surface area (Å²) in [7, 11) is 0. The van der Waals surface area contributed by atoms with E-state index in [0.717, 1.165) is 36.3 Å². The first kappa shape index (κ1) is 14.8. The zero-order valence-electron chi connectivity index (χ0n) is 13.4. The van der Waals surface area contributed by atoms with Crippen molar-refractivity contribution >= 4 is 28.8 Å². The van der Waals surface area contributed by atoms with E-state index in [2.05, 4.69) is 10.3 Å². The van der Waals surface area contributed by atoms with Gasteiger partial charge in [-0.2, -0.15) is 0 Å². The topological polar surface area (TPSA) is 64.4 Å². The maximum Gasteiger partial charge on any atom is 0.408 e. The van der Waals surface area contributed by atoms with Crippen molar-refractivity contribution in [2.24, 2.45) is 0 Å². The number of aromatic nitrogens is 1. The Kier molecular flexibility index (Phi) is 2.84. The van der Waals surface area contributed by atoms with Gasteiger partial charge in [-0.15, -0.1) is 0 Å². The number of rotatable bonds is 2. The Morgan fingerprint density at radius 1 is 1.35 bits per heavy atom. The second kappa shape index (κ2) is 4.41. The van der Waals surface area contributed by atoms with Crippen LogP contribution in [0, 0.1) is 0 Å². The SMILES string of the molecule is CC(C)(C)OC(=O)NC12CC(c3nc4cc(Cl)ccc4o3)(C1)C2. The molecule has 0 saturated heterocycles. The molecule has 1 heterocycles. The molecule has 3 fully saturated rings. The van der Waals surface area contributed by atoms with Crippen LogP contribution in [0.1, 0.15) is 45.9 Å². The summed E-state index contributed by atoms with van der Waals surface area (Å²) < 4.78 is 11.2. The normalized spacial score (nSPS) is 28.9. The van der Waals surface area contributed by atoms with Gasteiger partial charge in [-0.3, -0.25) is 0 Å². The molecular formula is C17H19ClN2O3. The largest absolute Gasteiger partial charge is 0.444 e. The number of nitrogens with zero attached hydrogens (tertiary/aromatic N) is 1. The number of alkyl carbamates (subject to hydrolysis) is 1. The number of fused-ring (bicyclic) bond motifs is 1. The summed E-state index contributed by atoms with van der Waals surface area (Å²) >= 11 is 5.99. The van der Waals surface area contributed by atoms with E-state index in [-0.39, 0.29) is 17.0 Å². The Balaban J connectivity index is 1.45. The van der Waals surface area contributed by atoms with Gasteiger partial charge >= 0.3 is 6.09 Å². The van der Waals surface area contributed by atoms with Crippen molar-refractivity contribution in [1.82, 2.24) is 10.3 Å². The van der Waals surface area contributed by atoms with Crippen molar-refractivity contribution in [3.63, 3.8) is 0 Å². The van der Waals surface area contributed by atoms with Gasteiger partial charge in [0.2, 0.25) is 5.89 Å². The standard InChI is InChI=1S/C17H19ClN2O3/c1-15(2,3)23-14(21)20-17-7-16(8-17,9-17)13-19-11-6-10(18)4-5-12(11)22-13/h4-6H,7-9H2,1-3H3,(H,20,21). The average molecular weight is 335 g/mol. The van der Waals surface area contributed by atoms with Crippen LogP contribution < -0.4 is 5.32 Å². The average Bonchev–Trinajstić information content (AvgIpc) is 2.72. The van der Waals surface area contributed by atoms with Crippen LogP contribution in [-0.2, 0) is 10.2 Å². The molecule has 3 aliphatic carbocycles. The highest BCUT2D eigenvalue weighted by atomic mass is 35.5. The van der Waals surface area contributed by atoms with E-state index in [4.69, 9.17) is 20.8 Å². The lowest BCUT2D eigenvalue weighted by Crippen LogP contribution is -2.77. The van der Waals surface area contributed by atoms with Gasteiger partial charge in [-0.05, 0) is 58.2 Å². The molecule has 23 heavy (non-hydrogen) atoms. The monoisotopic (exact) mass is 334 g/mol. The number of carbonyl (C=O) groups excluding carboxylic acids is 1. The highest BCUT2D eigenvalue weighted by Crippen LogP contribution is 2.67. The second-order valence-electron chi connectivity index (χ2n) is 7.85. The first-order valence-corrected chi connectivity index (χ1v) is 8.14. The quantitative estimate of drug-likeness (QED) is 0.894. The van der Waals surface area contributed by atoms with Crippen LogP contribution in [0.2, 0.25) is 5.02 Å². The third kappa shape index (κ3) is 2.38. The lowest BCUT2D eigenvalue weighted by atomic mass is 9.39. The molecule has 0 atom stereocenters. The summed E-state index contributed by atoms with van der Waals surface area (Å²) in [6.07, 6.45) is 2.19. The molecule has 0 aliphatic heterocycles. The van der Waals surface area contributed by atoms with Crippen LogP contribution in [0.15, 0.2) is 22.6 Å². The minimum atomic E-state index is -0.481. The predicted molar refractivity (Wildman–Crippen MR) is 86.6 cm³/mol. The number of carbonyl (C=O) groups is 1. The van der Waals surface area contributed by atoms with Crippen LogP contribution in [0.5, 0.6) is 0 Å². The fourth-order valence-electron chi connectivity index (χ4n) is 3.79. The molecule has 6 heteroatoms. The van der Waals surface area contributed by atoms with E-state index < -0.39 is 5.60 Å². The number of oxazole rings is 1. The van der Waals surface area contributed by atoms with Gasteiger partial charge in [-0.25, -0.2) is 9.78 Å². The molecule has 1 aromatic heterocycles. The van der Waals surface area contributed by atoms with E-state index in [1.807, 2.05) is 32.9 Å². The smallest absolute Gasteiger partial charge is 0.408 e. The highest BCUT2D eigenvalue weighted by molar-refractivity contribution is 6.31. The predicted octanol–water partition coefficient (Wildman–Crippen LogP) is 4.18. The molecule has 0 unspecified atom stereocenters. The maximum atomic E-state index is 11.9. The van der Waals surface area contributed by atoms with Gasteiger partial charge in [0.25, 0.3) is 0 Å². The van der Waals surface area contributed by atoms with Gasteiger partial charge in [-0.1, -0.05) is 11.6 Å². The highest BCUT2D eigenvalue weighted by Gasteiger charge is 2.71. The molecule has 3 saturated carbocycles. The summed E-state index contributed by atoms with van der Waals surface area (Å²) in [4.78, 5) is 16.5. The zero-order chi connectivity index (χ0) is 16.5. The molecule has 5 rings (SSSR count). The summed E-state index contributed by atoms with van der Waals surface area (Å²) in [6, 6.07) is 5.45. The lowest BCUT2D eigenvalue weighted by Gasteiger charge is -2.68. The van der Waals surface area contributed by atoms with Gasteiger partial charge in [0.15, 0.2) is 5.58 Å². The Morgan fingerprint density at radius 2 is 2.04 bits per heavy atom. The van der Waals surface area contributed by atoms with Crippen molar-refractivity contribution in [2.45, 2.75) is 56.6 Å². The number of hydrogen-bond donors (Lipinski definition) is 1. The minimum absolute atomic E-state index is 0.0412. The summed E-state index contributed by atoms with van der Waals surface area (Å²) in [5.74, 6) is 0.752. The third-order valence-electron chi connectivity index (χ3n) is 4.60. The first-order chi connectivity index (χ1) is 10.7. The molecule has 0 spiro atoms. The summed E-state index contributed by atoms with van der Waals surface area (Å²) in [6.45, 7) is 5.58. The maximum absolute atomic E-state index is 11.9. The van der Waals surface area contributed by atoms with Gasteiger partial charge in [0.1, 0.15) is 11.1 Å². The Hall–Kier alpha value is -1.75. The van der Waals surface area contributed by atoms with Crippen molar-refractivity contribution in [3.05, 3.63) is 29.1 Å². The molecule has 122 valence electrons. The van der Waals surface area contributed by atoms with Crippen molar-refractivity contribution in [2.75, 3.05) is 0 Å². The zero-order valence-corrected chi connectivity index (χ0v) is 14.2. The first-order valence-electron chi connectivity index (χ1n) is 7.77. The fraction of sp³-hybridized carbons (Fsp3) is 0.529. The molecule has 1 aromatic carbocycles. The third-order valence-corrected chi connectivity index (χ3v) is 4.83. The van der Waals surface area contributed by atoms with Crippen molar-refractivity contribution < 1.29 is 13.9 Å². The van der Waals surface area contributed by atoms with Crippen LogP contribution in [0.4, 0.5) is 4.79 Å². The number of hydrogen-bond acceptors (Lipinski definition) is 4. The van der Waals surface area contributed by atoms with E-state index in [1.165, 1.54) is 0 Å². The second-order valence-corrected chi connectivity index (χ2v) is 8.29. The minimum Gasteiger partial charge on any atom is -0.444 e. The molecular weight excluding hydrogens is 316 g/mol. The Labute approximate surface area is 139 Å². The fourth-order valence-corrected chi connectivity index (χ4v) is 3.96. The Bertz CT molecular complexity index is 786. The molecule has 2 bridgehead atoms. The van der Waals surface area contributed by atoms with Crippen LogP contribution in [0.3, 0.4) is 0 Å². The number of ether oxygens (including phenoxy) is 1. The van der Waals surface area contributed by atoms with E-state index in [0.29, 0.717) is 5.02 Å². The van der Waals surface area contributed by atoms with Crippen LogP contribution >= 0.6 is 11.6 Å². The molecule has 0 radical (unpaired) electrons. The Morgan fingerprint density at radius 3 is 2.70 bits per heavy atom. The lowest BCUT2D eigenvalue weighted by molar-refractivity contribution is -0.102. The summed E-state index contributed by atoms with van der Waals surface area (Å²) in [5.41, 5.74) is 0.862. The van der Waals surface area contributed by atoms with E-state index >= 15 is 0 Å². The number of halogens is 1. The number of nitrogens with one attached hydrogen (secondary N) is 1. The van der Waals surface area contributed by atoms with Gasteiger partial charge in [0.05, 0.1) is 5.41 Å². The van der Waals surface area contributed by atoms with Gasteiger partial charge < -0.3 is 14.5 Å². The van der Waals surface area contributed by atoms with E-state index in [9.17, 15) is 4.79 Å². The molecule has 1 N–H and O–H groups in total. The van der Waals surface area contributed by atoms with Crippen LogP contribution in [0.25, 0.3) is 11.1 Å². The van der Waals surface area contributed by atoms with Crippen LogP contribution in [-0.4, -0.2) is 22.2 Å². The van der Waals surface area contributed by atoms with E-state index in [1.54, 1.807) is 6.07 Å². The molecule has 1 amide bonds. The van der Waals surface area contributed by atoms with Gasteiger partial charge in [0, 0.05) is 10.6 Å².